The van der Waals surface area contributed by atoms with Gasteiger partial charge < -0.3 is 14.8 Å². The predicted molar refractivity (Wildman–Crippen MR) is 73.7 cm³/mol. The maximum Gasteiger partial charge on any atom is 0.170 e. The Hall–Kier alpha value is -1.39. The first-order valence-electron chi connectivity index (χ1n) is 6.78. The average Bonchev–Trinajstić information content (AvgIpc) is 2.48. The van der Waals surface area contributed by atoms with Crippen LogP contribution < -0.4 is 10.1 Å². The van der Waals surface area contributed by atoms with Gasteiger partial charge in [-0.3, -0.25) is 4.79 Å². The second kappa shape index (κ2) is 7.26. The van der Waals surface area contributed by atoms with Crippen LogP contribution >= 0.6 is 0 Å². The molecule has 1 aromatic carbocycles. The highest BCUT2D eigenvalue weighted by Gasteiger charge is 2.24. The molecule has 0 aliphatic carbocycles. The summed E-state index contributed by atoms with van der Waals surface area (Å²) >= 11 is 0. The van der Waals surface area contributed by atoms with E-state index in [0.717, 1.165) is 25.9 Å². The monoisotopic (exact) mass is 263 g/mol. The van der Waals surface area contributed by atoms with Crippen molar-refractivity contribution in [3.63, 3.8) is 0 Å². The van der Waals surface area contributed by atoms with Gasteiger partial charge in [0.2, 0.25) is 0 Å². The molecule has 1 atom stereocenters. The van der Waals surface area contributed by atoms with E-state index < -0.39 is 0 Å². The van der Waals surface area contributed by atoms with Crippen molar-refractivity contribution >= 4 is 5.78 Å². The van der Waals surface area contributed by atoms with E-state index in [4.69, 9.17) is 9.47 Å². The third-order valence-electron chi connectivity index (χ3n) is 3.37. The van der Waals surface area contributed by atoms with Crippen molar-refractivity contribution < 1.29 is 14.3 Å². The number of hydrogen-bond donors (Lipinski definition) is 1. The minimum Gasteiger partial charge on any atom is -0.490 e. The third-order valence-corrected chi connectivity index (χ3v) is 3.37. The Morgan fingerprint density at radius 1 is 1.37 bits per heavy atom. The molecule has 4 heteroatoms. The molecule has 1 heterocycles. The first-order valence-corrected chi connectivity index (χ1v) is 6.78. The Morgan fingerprint density at radius 2 is 2.21 bits per heavy atom. The van der Waals surface area contributed by atoms with Gasteiger partial charge in [-0.05, 0) is 31.5 Å². The number of methoxy groups -OCH3 is 1. The number of carbonyl (C=O) groups is 1. The van der Waals surface area contributed by atoms with Gasteiger partial charge in [0.05, 0.1) is 12.2 Å². The lowest BCUT2D eigenvalue weighted by Crippen LogP contribution is -2.34. The number of rotatable bonds is 6. The minimum absolute atomic E-state index is 0.0703. The molecule has 1 fully saturated rings. The fraction of sp³-hybridized carbons (Fsp3) is 0.533. The molecule has 19 heavy (non-hydrogen) atoms. The van der Waals surface area contributed by atoms with Crippen molar-refractivity contribution in [1.29, 1.82) is 0 Å². The van der Waals surface area contributed by atoms with Crippen LogP contribution in [0.1, 0.15) is 23.2 Å². The van der Waals surface area contributed by atoms with Crippen molar-refractivity contribution in [2.75, 3.05) is 33.4 Å². The zero-order valence-corrected chi connectivity index (χ0v) is 11.4. The topological polar surface area (TPSA) is 47.6 Å². The van der Waals surface area contributed by atoms with Gasteiger partial charge in [-0.25, -0.2) is 0 Å². The van der Waals surface area contributed by atoms with Crippen LogP contribution in [0, 0.1) is 5.92 Å². The third kappa shape index (κ3) is 3.78. The summed E-state index contributed by atoms with van der Waals surface area (Å²) in [6, 6.07) is 7.46. The van der Waals surface area contributed by atoms with Crippen LogP contribution in [-0.2, 0) is 4.74 Å². The number of para-hydroxylation sites is 1. The van der Waals surface area contributed by atoms with Gasteiger partial charge in [0.25, 0.3) is 0 Å². The van der Waals surface area contributed by atoms with Crippen LogP contribution in [0.5, 0.6) is 5.75 Å². The van der Waals surface area contributed by atoms with E-state index in [9.17, 15) is 4.79 Å². The van der Waals surface area contributed by atoms with Crippen LogP contribution in [0.3, 0.4) is 0 Å². The maximum absolute atomic E-state index is 12.5. The molecule has 1 saturated heterocycles. The van der Waals surface area contributed by atoms with E-state index in [1.165, 1.54) is 0 Å². The molecule has 1 N–H and O–H groups in total. The van der Waals surface area contributed by atoms with Gasteiger partial charge in [0.15, 0.2) is 5.78 Å². The molecule has 1 aliphatic heterocycles. The fourth-order valence-electron chi connectivity index (χ4n) is 2.33. The van der Waals surface area contributed by atoms with Gasteiger partial charge in [0.1, 0.15) is 12.4 Å². The molecule has 0 amide bonds. The van der Waals surface area contributed by atoms with Crippen molar-refractivity contribution in [2.45, 2.75) is 12.8 Å². The predicted octanol–water partition coefficient (Wildman–Crippen LogP) is 1.89. The summed E-state index contributed by atoms with van der Waals surface area (Å²) in [6.45, 7) is 2.76. The van der Waals surface area contributed by atoms with Crippen LogP contribution in [0.25, 0.3) is 0 Å². The Morgan fingerprint density at radius 3 is 2.95 bits per heavy atom. The number of nitrogens with one attached hydrogen (secondary N) is 1. The summed E-state index contributed by atoms with van der Waals surface area (Å²) in [5.74, 6) is 0.913. The molecular weight excluding hydrogens is 242 g/mol. The van der Waals surface area contributed by atoms with Gasteiger partial charge in [-0.2, -0.15) is 0 Å². The molecule has 0 radical (unpaired) electrons. The second-order valence-corrected chi connectivity index (χ2v) is 4.74. The van der Waals surface area contributed by atoms with Crippen molar-refractivity contribution in [2.24, 2.45) is 5.92 Å². The molecular formula is C15H21NO3. The number of benzene rings is 1. The molecule has 104 valence electrons. The Labute approximate surface area is 114 Å². The Kier molecular flexibility index (Phi) is 5.36. The average molecular weight is 263 g/mol. The first-order chi connectivity index (χ1) is 9.33. The van der Waals surface area contributed by atoms with Crippen LogP contribution in [-0.4, -0.2) is 39.2 Å². The summed E-state index contributed by atoms with van der Waals surface area (Å²) in [5, 5.41) is 3.28. The number of piperidine rings is 1. The molecule has 1 aliphatic rings. The number of Topliss-reactive ketones (excluding diaryl/α,β-unsaturated/α-hetero) is 1. The molecule has 0 spiro atoms. The van der Waals surface area contributed by atoms with E-state index in [1.807, 2.05) is 24.3 Å². The molecule has 0 saturated carbocycles. The van der Waals surface area contributed by atoms with Crippen LogP contribution in [0.15, 0.2) is 24.3 Å². The van der Waals surface area contributed by atoms with Gasteiger partial charge in [0, 0.05) is 19.6 Å². The van der Waals surface area contributed by atoms with Gasteiger partial charge in [-0.15, -0.1) is 0 Å². The zero-order valence-electron chi connectivity index (χ0n) is 11.4. The van der Waals surface area contributed by atoms with Crippen LogP contribution in [0.2, 0.25) is 0 Å². The second-order valence-electron chi connectivity index (χ2n) is 4.74. The summed E-state index contributed by atoms with van der Waals surface area (Å²) in [7, 11) is 1.63. The Balaban J connectivity index is 2.07. The lowest BCUT2D eigenvalue weighted by atomic mass is 9.90. The zero-order chi connectivity index (χ0) is 13.5. The first kappa shape index (κ1) is 14.0. The van der Waals surface area contributed by atoms with E-state index in [-0.39, 0.29) is 11.7 Å². The lowest BCUT2D eigenvalue weighted by Gasteiger charge is -2.22. The molecule has 1 aromatic rings. The van der Waals surface area contributed by atoms with Gasteiger partial charge >= 0.3 is 0 Å². The van der Waals surface area contributed by atoms with E-state index >= 15 is 0 Å². The van der Waals surface area contributed by atoms with Crippen molar-refractivity contribution in [1.82, 2.24) is 5.32 Å². The summed E-state index contributed by atoms with van der Waals surface area (Å²) in [4.78, 5) is 12.5. The number of hydrogen-bond acceptors (Lipinski definition) is 4. The smallest absolute Gasteiger partial charge is 0.170 e. The molecule has 0 aromatic heterocycles. The van der Waals surface area contributed by atoms with Gasteiger partial charge in [-0.1, -0.05) is 12.1 Å². The number of ether oxygens (including phenoxy) is 2. The summed E-state index contributed by atoms with van der Waals surface area (Å²) in [6.07, 6.45) is 2.02. The highest BCUT2D eigenvalue weighted by Crippen LogP contribution is 2.24. The minimum atomic E-state index is 0.0703. The molecule has 2 rings (SSSR count). The van der Waals surface area contributed by atoms with E-state index in [1.54, 1.807) is 7.11 Å². The number of ketones is 1. The highest BCUT2D eigenvalue weighted by atomic mass is 16.5. The normalized spacial score (nSPS) is 19.1. The van der Waals surface area contributed by atoms with Crippen molar-refractivity contribution in [3.05, 3.63) is 29.8 Å². The largest absolute Gasteiger partial charge is 0.490 e. The quantitative estimate of drug-likeness (QED) is 0.629. The molecule has 1 unspecified atom stereocenters. The fourth-order valence-corrected chi connectivity index (χ4v) is 2.33. The SMILES string of the molecule is COCCOc1ccccc1C(=O)C1CCCNC1. The maximum atomic E-state index is 12.5. The number of carbonyl (C=O) groups excluding carboxylic acids is 1. The van der Waals surface area contributed by atoms with E-state index in [0.29, 0.717) is 24.5 Å². The lowest BCUT2D eigenvalue weighted by molar-refractivity contribution is 0.0892. The molecule has 4 nitrogen and oxygen atoms in total. The van der Waals surface area contributed by atoms with Crippen LogP contribution in [0.4, 0.5) is 0 Å². The molecule has 0 bridgehead atoms. The Bertz CT molecular complexity index is 414. The van der Waals surface area contributed by atoms with Crippen molar-refractivity contribution in [3.8, 4) is 5.75 Å². The standard InChI is InChI=1S/C15H21NO3/c1-18-9-10-19-14-7-3-2-6-13(14)15(17)12-5-4-8-16-11-12/h2-3,6-7,12,16H,4-5,8-11H2,1H3. The summed E-state index contributed by atoms with van der Waals surface area (Å²) in [5.41, 5.74) is 0.687. The van der Waals surface area contributed by atoms with E-state index in [2.05, 4.69) is 5.32 Å². The highest BCUT2D eigenvalue weighted by molar-refractivity contribution is 6.00. The summed E-state index contributed by atoms with van der Waals surface area (Å²) < 4.78 is 10.6.